The number of ether oxygens (including phenoxy) is 1. The average molecular weight is 492 g/mol. The van der Waals surface area contributed by atoms with E-state index in [1.807, 2.05) is 44.3 Å². The Balaban J connectivity index is 1.22. The van der Waals surface area contributed by atoms with Crippen LogP contribution >= 0.6 is 0 Å². The second-order valence-electron chi connectivity index (χ2n) is 10.7. The molecule has 0 bridgehead atoms. The number of aromatic nitrogens is 1. The van der Waals surface area contributed by atoms with Crippen LogP contribution in [0.1, 0.15) is 61.0 Å². The van der Waals surface area contributed by atoms with Crippen LogP contribution in [0, 0.1) is 0 Å². The Morgan fingerprint density at radius 3 is 2.69 bits per heavy atom. The molecule has 8 heteroatoms. The summed E-state index contributed by atoms with van der Waals surface area (Å²) in [7, 11) is 0. The Bertz CT molecular complexity index is 1310. The largest absolute Gasteiger partial charge is 0.490 e. The van der Waals surface area contributed by atoms with Crippen molar-refractivity contribution in [2.45, 2.75) is 63.0 Å². The van der Waals surface area contributed by atoms with Gasteiger partial charge in [0.2, 0.25) is 5.91 Å². The number of anilines is 1. The van der Waals surface area contributed by atoms with Gasteiger partial charge in [-0.1, -0.05) is 25.0 Å². The summed E-state index contributed by atoms with van der Waals surface area (Å²) in [6.45, 7) is 4.44. The first-order chi connectivity index (χ1) is 17.2. The number of aromatic carboxylic acids is 1. The van der Waals surface area contributed by atoms with E-state index in [2.05, 4.69) is 15.6 Å². The number of carbonyl (C=O) groups excluding carboxylic acids is 1. The molecule has 0 saturated heterocycles. The van der Waals surface area contributed by atoms with Crippen LogP contribution in [-0.4, -0.2) is 51.9 Å². The van der Waals surface area contributed by atoms with E-state index in [1.165, 1.54) is 0 Å². The van der Waals surface area contributed by atoms with E-state index >= 15 is 0 Å². The minimum atomic E-state index is -0.955. The number of rotatable bonds is 9. The van der Waals surface area contributed by atoms with Crippen molar-refractivity contribution in [3.63, 3.8) is 0 Å². The number of carboxylic acid groups (broad SMARTS) is 1. The lowest BCUT2D eigenvalue weighted by molar-refractivity contribution is -0.120. The first kappa shape index (κ1) is 24.3. The van der Waals surface area contributed by atoms with Crippen molar-refractivity contribution >= 4 is 28.5 Å². The number of benzene rings is 2. The fourth-order valence-electron chi connectivity index (χ4n) is 5.81. The smallest absolute Gasteiger partial charge is 0.336 e. The van der Waals surface area contributed by atoms with Gasteiger partial charge >= 0.3 is 5.97 Å². The van der Waals surface area contributed by atoms with Gasteiger partial charge in [0.15, 0.2) is 0 Å². The summed E-state index contributed by atoms with van der Waals surface area (Å²) in [4.78, 5) is 27.6. The molecule has 1 spiro atoms. The van der Waals surface area contributed by atoms with Crippen LogP contribution in [0.5, 0.6) is 5.75 Å². The molecule has 1 saturated carbocycles. The monoisotopic (exact) mass is 491 g/mol. The van der Waals surface area contributed by atoms with E-state index in [9.17, 15) is 19.8 Å². The summed E-state index contributed by atoms with van der Waals surface area (Å²) in [5.74, 6) is -0.243. The standard InChI is InChI=1S/C28H33N3O5/c1-27(2,13-17-14-29-20-8-5-7-19(23(17)20)25(33)34)30-15-18(32)16-36-22-10-6-9-21-24(22)28(26(35)31-21)11-3-4-12-28/h5-10,14,18,29-30,32H,3-4,11-13,15-16H2,1-2H3,(H,31,35)(H,33,34). The van der Waals surface area contributed by atoms with Gasteiger partial charge in [0.1, 0.15) is 18.5 Å². The normalized spacial score (nSPS) is 17.4. The van der Waals surface area contributed by atoms with Gasteiger partial charge in [-0.05, 0) is 62.9 Å². The number of H-pyrrole nitrogens is 1. The molecular formula is C28H33N3O5. The summed E-state index contributed by atoms with van der Waals surface area (Å²) in [6.07, 6.45) is 5.35. The molecule has 5 rings (SSSR count). The van der Waals surface area contributed by atoms with Gasteiger partial charge in [0.05, 0.1) is 11.0 Å². The molecule has 3 aromatic rings. The van der Waals surface area contributed by atoms with Gasteiger partial charge in [-0.2, -0.15) is 0 Å². The first-order valence-corrected chi connectivity index (χ1v) is 12.5. The van der Waals surface area contributed by atoms with Crippen LogP contribution in [-0.2, 0) is 16.6 Å². The number of hydrogen-bond donors (Lipinski definition) is 5. The van der Waals surface area contributed by atoms with Crippen LogP contribution in [0.15, 0.2) is 42.6 Å². The van der Waals surface area contributed by atoms with Gasteiger partial charge in [-0.3, -0.25) is 4.79 Å². The third kappa shape index (κ3) is 4.35. The summed E-state index contributed by atoms with van der Waals surface area (Å²) < 4.78 is 6.06. The molecular weight excluding hydrogens is 458 g/mol. The van der Waals surface area contributed by atoms with E-state index in [4.69, 9.17) is 4.74 Å². The Morgan fingerprint density at radius 1 is 1.19 bits per heavy atom. The highest BCUT2D eigenvalue weighted by molar-refractivity contribution is 6.07. The molecule has 36 heavy (non-hydrogen) atoms. The zero-order valence-electron chi connectivity index (χ0n) is 20.7. The number of hydrogen-bond acceptors (Lipinski definition) is 5. The highest BCUT2D eigenvalue weighted by Gasteiger charge is 2.50. The molecule has 2 aromatic carbocycles. The van der Waals surface area contributed by atoms with Gasteiger partial charge in [-0.15, -0.1) is 0 Å². The van der Waals surface area contributed by atoms with Gasteiger partial charge in [0, 0.05) is 40.4 Å². The van der Waals surface area contributed by atoms with E-state index < -0.39 is 23.0 Å². The molecule has 1 amide bonds. The molecule has 1 aliphatic carbocycles. The molecule has 2 heterocycles. The molecule has 0 radical (unpaired) electrons. The van der Waals surface area contributed by atoms with Crippen LogP contribution in [0.2, 0.25) is 0 Å². The molecule has 1 aliphatic heterocycles. The van der Waals surface area contributed by atoms with Crippen LogP contribution < -0.4 is 15.4 Å². The van der Waals surface area contributed by atoms with Crippen LogP contribution in [0.4, 0.5) is 5.69 Å². The van der Waals surface area contributed by atoms with Crippen molar-refractivity contribution in [3.05, 3.63) is 59.3 Å². The number of nitrogens with one attached hydrogen (secondary N) is 3. The van der Waals surface area contributed by atoms with Crippen molar-refractivity contribution in [3.8, 4) is 5.75 Å². The Hall–Kier alpha value is -3.36. The minimum Gasteiger partial charge on any atom is -0.490 e. The van der Waals surface area contributed by atoms with E-state index in [1.54, 1.807) is 12.1 Å². The SMILES string of the molecule is CC(C)(Cc1c[nH]c2cccc(C(=O)O)c12)NCC(O)COc1cccc2c1C1(CCCC1)C(=O)N2. The highest BCUT2D eigenvalue weighted by atomic mass is 16.5. The minimum absolute atomic E-state index is 0.0540. The lowest BCUT2D eigenvalue weighted by Crippen LogP contribution is -2.46. The predicted molar refractivity (Wildman–Crippen MR) is 138 cm³/mol. The van der Waals surface area contributed by atoms with Gasteiger partial charge in [-0.25, -0.2) is 4.79 Å². The summed E-state index contributed by atoms with van der Waals surface area (Å²) in [6, 6.07) is 10.9. The van der Waals surface area contributed by atoms with Gasteiger partial charge < -0.3 is 30.6 Å². The van der Waals surface area contributed by atoms with Gasteiger partial charge in [0.25, 0.3) is 0 Å². The molecule has 190 valence electrons. The summed E-state index contributed by atoms with van der Waals surface area (Å²) in [5.41, 5.74) is 2.80. The first-order valence-electron chi connectivity index (χ1n) is 12.5. The lowest BCUT2D eigenvalue weighted by Gasteiger charge is -2.28. The summed E-state index contributed by atoms with van der Waals surface area (Å²) in [5, 5.41) is 27.4. The number of carbonyl (C=O) groups is 2. The molecule has 1 atom stereocenters. The summed E-state index contributed by atoms with van der Waals surface area (Å²) >= 11 is 0. The zero-order valence-corrected chi connectivity index (χ0v) is 20.7. The maximum Gasteiger partial charge on any atom is 0.336 e. The van der Waals surface area contributed by atoms with Crippen LogP contribution in [0.25, 0.3) is 10.9 Å². The maximum atomic E-state index is 12.8. The van der Waals surface area contributed by atoms with Crippen molar-refractivity contribution in [2.24, 2.45) is 0 Å². The second-order valence-corrected chi connectivity index (χ2v) is 10.7. The molecule has 1 unspecified atom stereocenters. The fourth-order valence-corrected chi connectivity index (χ4v) is 5.81. The molecule has 8 nitrogen and oxygen atoms in total. The number of fused-ring (bicyclic) bond motifs is 3. The zero-order chi connectivity index (χ0) is 25.5. The number of amides is 1. The molecule has 1 fully saturated rings. The van der Waals surface area contributed by atoms with Crippen molar-refractivity contribution in [1.82, 2.24) is 10.3 Å². The highest BCUT2D eigenvalue weighted by Crippen LogP contribution is 2.52. The topological polar surface area (TPSA) is 124 Å². The molecule has 1 aromatic heterocycles. The van der Waals surface area contributed by atoms with Crippen molar-refractivity contribution < 1.29 is 24.5 Å². The average Bonchev–Trinajstić information content (AvgIpc) is 3.56. The molecule has 5 N–H and O–H groups in total. The third-order valence-electron chi connectivity index (χ3n) is 7.54. The lowest BCUT2D eigenvalue weighted by atomic mass is 9.79. The van der Waals surface area contributed by atoms with E-state index in [0.29, 0.717) is 24.1 Å². The Labute approximate surface area is 210 Å². The number of β-amino-alcohol motifs (C(OH)–C–C–N with tert-alkyl or cyclic N) is 1. The molecule has 2 aliphatic rings. The fraction of sp³-hybridized carbons (Fsp3) is 0.429. The van der Waals surface area contributed by atoms with Crippen LogP contribution in [0.3, 0.4) is 0 Å². The second kappa shape index (κ2) is 9.26. The Kier molecular flexibility index (Phi) is 6.26. The Morgan fingerprint density at radius 2 is 1.94 bits per heavy atom. The number of aliphatic hydroxyl groups excluding tert-OH is 1. The van der Waals surface area contributed by atoms with E-state index in [-0.39, 0.29) is 18.1 Å². The maximum absolute atomic E-state index is 12.8. The number of aromatic amines is 1. The third-order valence-corrected chi connectivity index (χ3v) is 7.54. The quantitative estimate of drug-likeness (QED) is 0.309. The number of carboxylic acids is 1. The number of aliphatic hydroxyl groups is 1. The predicted octanol–water partition coefficient (Wildman–Crippen LogP) is 3.98. The van der Waals surface area contributed by atoms with Crippen molar-refractivity contribution in [2.75, 3.05) is 18.5 Å². The van der Waals surface area contributed by atoms with Crippen molar-refractivity contribution in [1.29, 1.82) is 0 Å². The van der Waals surface area contributed by atoms with E-state index in [0.717, 1.165) is 48.0 Å².